The summed E-state index contributed by atoms with van der Waals surface area (Å²) in [5.74, 6) is -0.904. The number of esters is 1. The molecule has 0 N–H and O–H groups in total. The molecule has 2 unspecified atom stereocenters. The molecular weight excluding hydrogens is 412 g/mol. The third-order valence-corrected chi connectivity index (χ3v) is 7.26. The first kappa shape index (κ1) is 20.6. The van der Waals surface area contributed by atoms with Gasteiger partial charge in [-0.25, -0.2) is 9.18 Å². The van der Waals surface area contributed by atoms with E-state index >= 15 is 4.39 Å². The maximum absolute atomic E-state index is 16.5. The molecule has 3 nitrogen and oxygen atoms in total. The van der Waals surface area contributed by atoms with Crippen molar-refractivity contribution in [1.29, 1.82) is 0 Å². The van der Waals surface area contributed by atoms with Crippen molar-refractivity contribution in [2.45, 2.75) is 49.5 Å². The van der Waals surface area contributed by atoms with Gasteiger partial charge < -0.3 is 9.22 Å². The number of alkyl halides is 1. The predicted molar refractivity (Wildman–Crippen MR) is 113 cm³/mol. The highest BCUT2D eigenvalue weighted by Crippen LogP contribution is 2.43. The third-order valence-electron chi connectivity index (χ3n) is 6.79. The van der Waals surface area contributed by atoms with E-state index in [9.17, 15) is 4.79 Å². The number of carbonyl (C=O) groups is 1. The molecule has 0 saturated carbocycles. The number of piperidine rings is 1. The Kier molecular flexibility index (Phi) is 5.39. The van der Waals surface area contributed by atoms with Crippen LogP contribution in [0.15, 0.2) is 48.5 Å². The number of carbonyl (C=O) groups excluding carboxylic acids is 1. The molecule has 154 valence electrons. The van der Waals surface area contributed by atoms with Crippen molar-refractivity contribution in [2.75, 3.05) is 14.1 Å². The summed E-state index contributed by atoms with van der Waals surface area (Å²) in [6.07, 6.45) is 3.48. The molecule has 2 aliphatic heterocycles. The summed E-state index contributed by atoms with van der Waals surface area (Å²) in [6, 6.07) is 13.5. The Bertz CT molecular complexity index is 871. The second-order valence-electron chi connectivity index (χ2n) is 8.69. The molecule has 4 rings (SSSR count). The molecule has 0 radical (unpaired) electrons. The highest BCUT2D eigenvalue weighted by atomic mass is 35.5. The Balaban J connectivity index is 1.66. The van der Waals surface area contributed by atoms with Crippen LogP contribution in [0, 0.1) is 0 Å². The standard InChI is InChI=1S/C23H25Cl2FNO2/c1-27(2)19-9-10-20(27)14-21(13-19)29-22(28)23(26,15-5-3-7-17(24)11-15)16-6-4-8-18(25)12-16/h3-8,11-12,19-21H,9-10,13-14H2,1-2H3/q+1. The smallest absolute Gasteiger partial charge is 0.353 e. The maximum atomic E-state index is 16.5. The van der Waals surface area contributed by atoms with E-state index in [0.29, 0.717) is 22.1 Å². The topological polar surface area (TPSA) is 26.3 Å². The van der Waals surface area contributed by atoms with E-state index in [0.717, 1.165) is 30.2 Å². The van der Waals surface area contributed by atoms with Gasteiger partial charge in [0.15, 0.2) is 0 Å². The minimum absolute atomic E-state index is 0.146. The highest BCUT2D eigenvalue weighted by Gasteiger charge is 2.52. The van der Waals surface area contributed by atoms with Crippen molar-refractivity contribution in [3.05, 3.63) is 69.7 Å². The Morgan fingerprint density at radius 3 is 1.93 bits per heavy atom. The average Bonchev–Trinajstić information content (AvgIpc) is 2.84. The summed E-state index contributed by atoms with van der Waals surface area (Å²) in [5.41, 5.74) is -2.18. The summed E-state index contributed by atoms with van der Waals surface area (Å²) >= 11 is 12.2. The Morgan fingerprint density at radius 2 is 1.48 bits per heavy atom. The summed E-state index contributed by atoms with van der Waals surface area (Å²) in [7, 11) is 4.47. The van der Waals surface area contributed by atoms with E-state index in [-0.39, 0.29) is 17.2 Å². The van der Waals surface area contributed by atoms with Crippen LogP contribution in [0.3, 0.4) is 0 Å². The maximum Gasteiger partial charge on any atom is 0.353 e. The van der Waals surface area contributed by atoms with Crippen molar-refractivity contribution in [3.63, 3.8) is 0 Å². The second kappa shape index (κ2) is 7.57. The van der Waals surface area contributed by atoms with Gasteiger partial charge in [0, 0.05) is 46.9 Å². The fraction of sp³-hybridized carbons (Fsp3) is 0.435. The van der Waals surface area contributed by atoms with Gasteiger partial charge in [0.2, 0.25) is 0 Å². The number of nitrogens with zero attached hydrogens (tertiary/aromatic N) is 1. The zero-order valence-electron chi connectivity index (χ0n) is 16.6. The van der Waals surface area contributed by atoms with Gasteiger partial charge in [-0.05, 0) is 24.3 Å². The van der Waals surface area contributed by atoms with Gasteiger partial charge in [-0.15, -0.1) is 0 Å². The number of hydrogen-bond donors (Lipinski definition) is 0. The number of ether oxygens (including phenoxy) is 1. The molecule has 0 aromatic heterocycles. The molecule has 2 saturated heterocycles. The molecule has 0 spiro atoms. The van der Waals surface area contributed by atoms with Crippen LogP contribution >= 0.6 is 23.2 Å². The lowest BCUT2D eigenvalue weighted by atomic mass is 9.87. The number of rotatable bonds is 4. The Morgan fingerprint density at radius 1 is 1.00 bits per heavy atom. The van der Waals surface area contributed by atoms with Crippen molar-refractivity contribution >= 4 is 29.2 Å². The first-order valence-electron chi connectivity index (χ1n) is 9.96. The normalized spacial score (nSPS) is 25.6. The van der Waals surface area contributed by atoms with Crippen molar-refractivity contribution in [2.24, 2.45) is 0 Å². The first-order valence-corrected chi connectivity index (χ1v) is 10.7. The quantitative estimate of drug-likeness (QED) is 0.465. The molecule has 2 fully saturated rings. The largest absolute Gasteiger partial charge is 0.459 e. The van der Waals surface area contributed by atoms with Gasteiger partial charge >= 0.3 is 5.97 Å². The van der Waals surface area contributed by atoms with Crippen LogP contribution in [-0.4, -0.2) is 42.7 Å². The molecule has 0 amide bonds. The van der Waals surface area contributed by atoms with E-state index in [2.05, 4.69) is 14.1 Å². The number of benzene rings is 2. The fourth-order valence-corrected chi connectivity index (χ4v) is 5.35. The number of fused-ring (bicyclic) bond motifs is 2. The number of hydrogen-bond acceptors (Lipinski definition) is 2. The second-order valence-corrected chi connectivity index (χ2v) is 9.56. The molecule has 2 aromatic carbocycles. The van der Waals surface area contributed by atoms with Gasteiger partial charge in [-0.1, -0.05) is 47.5 Å². The molecular formula is C23H25Cl2FNO2+. The van der Waals surface area contributed by atoms with Gasteiger partial charge in [-0.3, -0.25) is 0 Å². The Labute approximate surface area is 181 Å². The van der Waals surface area contributed by atoms with Gasteiger partial charge in [0.1, 0.15) is 6.10 Å². The Hall–Kier alpha value is -1.62. The number of halogens is 3. The molecule has 6 heteroatoms. The fourth-order valence-electron chi connectivity index (χ4n) is 4.97. The van der Waals surface area contributed by atoms with E-state index in [1.807, 2.05) is 0 Å². The third kappa shape index (κ3) is 3.67. The van der Waals surface area contributed by atoms with Crippen molar-refractivity contribution in [1.82, 2.24) is 0 Å². The minimum Gasteiger partial charge on any atom is -0.459 e. The van der Waals surface area contributed by atoms with E-state index < -0.39 is 11.6 Å². The lowest BCUT2D eigenvalue weighted by molar-refractivity contribution is -0.931. The van der Waals surface area contributed by atoms with Crippen LogP contribution in [0.25, 0.3) is 0 Å². The molecule has 2 aliphatic rings. The van der Waals surface area contributed by atoms with Crippen molar-refractivity contribution < 1.29 is 18.4 Å². The molecule has 0 aliphatic carbocycles. The lowest BCUT2D eigenvalue weighted by Gasteiger charge is -2.44. The predicted octanol–water partition coefficient (Wildman–Crippen LogP) is 5.52. The summed E-state index contributed by atoms with van der Waals surface area (Å²) < 4.78 is 23.3. The van der Waals surface area contributed by atoms with E-state index in [4.69, 9.17) is 27.9 Å². The molecule has 2 atom stereocenters. The van der Waals surface area contributed by atoms with E-state index in [1.54, 1.807) is 36.4 Å². The molecule has 2 heterocycles. The SMILES string of the molecule is C[N+]1(C)C2CCC1CC(OC(=O)C(F)(c1cccc(Cl)c1)c1cccc(Cl)c1)C2. The van der Waals surface area contributed by atoms with Crippen LogP contribution in [0.1, 0.15) is 36.8 Å². The van der Waals surface area contributed by atoms with Crippen LogP contribution < -0.4 is 0 Å². The minimum atomic E-state index is -2.48. The zero-order valence-corrected chi connectivity index (χ0v) is 18.1. The van der Waals surface area contributed by atoms with Crippen molar-refractivity contribution in [3.8, 4) is 0 Å². The molecule has 29 heavy (non-hydrogen) atoms. The summed E-state index contributed by atoms with van der Waals surface area (Å²) in [6.45, 7) is 0. The summed E-state index contributed by atoms with van der Waals surface area (Å²) in [5, 5.41) is 0.711. The van der Waals surface area contributed by atoms with E-state index in [1.165, 1.54) is 12.1 Å². The van der Waals surface area contributed by atoms with Gasteiger partial charge in [0.05, 0.1) is 26.2 Å². The number of quaternary nitrogens is 1. The van der Waals surface area contributed by atoms with Crippen LogP contribution in [0.2, 0.25) is 10.0 Å². The van der Waals surface area contributed by atoms with Gasteiger partial charge in [0.25, 0.3) is 5.67 Å². The van der Waals surface area contributed by atoms with Crippen LogP contribution in [-0.2, 0) is 15.2 Å². The average molecular weight is 437 g/mol. The van der Waals surface area contributed by atoms with Crippen LogP contribution in [0.5, 0.6) is 0 Å². The molecule has 2 aromatic rings. The first-order chi connectivity index (χ1) is 13.7. The zero-order chi connectivity index (χ0) is 20.8. The van der Waals surface area contributed by atoms with Gasteiger partial charge in [-0.2, -0.15) is 0 Å². The highest BCUT2D eigenvalue weighted by molar-refractivity contribution is 6.31. The summed E-state index contributed by atoms with van der Waals surface area (Å²) in [4.78, 5) is 13.3. The van der Waals surface area contributed by atoms with Crippen LogP contribution in [0.4, 0.5) is 4.39 Å². The monoisotopic (exact) mass is 436 g/mol. The lowest BCUT2D eigenvalue weighted by Crippen LogP contribution is -2.56. The molecule has 2 bridgehead atoms.